The van der Waals surface area contributed by atoms with Gasteiger partial charge < -0.3 is 15.2 Å². The van der Waals surface area contributed by atoms with Gasteiger partial charge >= 0.3 is 0 Å². The maximum absolute atomic E-state index is 5.91. The average Bonchev–Trinajstić information content (AvgIpc) is 2.49. The Morgan fingerprint density at radius 2 is 1.81 bits per heavy atom. The van der Waals surface area contributed by atoms with E-state index in [0.717, 1.165) is 16.2 Å². The van der Waals surface area contributed by atoms with Gasteiger partial charge in [-0.3, -0.25) is 0 Å². The quantitative estimate of drug-likeness (QED) is 0.637. The normalized spacial score (nSPS) is 10.2. The average molecular weight is 319 g/mol. The molecular formula is C16H17NO2S2. The predicted octanol–water partition coefficient (Wildman–Crippen LogP) is 4.23. The van der Waals surface area contributed by atoms with Crippen molar-refractivity contribution in [2.24, 2.45) is 5.73 Å². The number of hydrogen-bond acceptors (Lipinski definition) is 4. The van der Waals surface area contributed by atoms with Gasteiger partial charge in [0.05, 0.1) is 12.2 Å². The van der Waals surface area contributed by atoms with Crippen LogP contribution in [0.2, 0.25) is 0 Å². The van der Waals surface area contributed by atoms with Crippen molar-refractivity contribution in [3.8, 4) is 17.2 Å². The van der Waals surface area contributed by atoms with Crippen LogP contribution in [0.3, 0.4) is 0 Å². The highest BCUT2D eigenvalue weighted by Crippen LogP contribution is 2.32. The minimum Gasteiger partial charge on any atom is -0.494 e. The number of thioether (sulfide) groups is 1. The molecule has 0 aliphatic heterocycles. The van der Waals surface area contributed by atoms with Crippen molar-refractivity contribution in [1.82, 2.24) is 0 Å². The Hall–Kier alpha value is -1.72. The van der Waals surface area contributed by atoms with Crippen LogP contribution in [-0.2, 0) is 0 Å². The molecule has 3 nitrogen and oxygen atoms in total. The van der Waals surface area contributed by atoms with Crippen molar-refractivity contribution >= 4 is 29.0 Å². The predicted molar refractivity (Wildman–Crippen MR) is 91.8 cm³/mol. The summed E-state index contributed by atoms with van der Waals surface area (Å²) >= 11 is 6.73. The minimum absolute atomic E-state index is 0.334. The standard InChI is InChI=1S/C16H17NO2S2/c1-3-18-11-7-9-12(10-8-11)19-13-5-4-6-14(21-2)15(13)16(17)20/h4-10H,3H2,1-2H3,(H2,17,20). The molecule has 21 heavy (non-hydrogen) atoms. The monoisotopic (exact) mass is 319 g/mol. The second-order valence-corrected chi connectivity index (χ2v) is 5.49. The van der Waals surface area contributed by atoms with Gasteiger partial charge in [0.15, 0.2) is 0 Å². The van der Waals surface area contributed by atoms with E-state index < -0.39 is 0 Å². The molecular weight excluding hydrogens is 302 g/mol. The topological polar surface area (TPSA) is 44.5 Å². The van der Waals surface area contributed by atoms with Gasteiger partial charge in [-0.2, -0.15) is 0 Å². The lowest BCUT2D eigenvalue weighted by Gasteiger charge is -2.13. The molecule has 2 N–H and O–H groups in total. The highest BCUT2D eigenvalue weighted by molar-refractivity contribution is 7.98. The second kappa shape index (κ2) is 7.33. The second-order valence-electron chi connectivity index (χ2n) is 4.20. The molecule has 2 aromatic carbocycles. The number of benzene rings is 2. The maximum Gasteiger partial charge on any atom is 0.138 e. The van der Waals surface area contributed by atoms with Crippen LogP contribution < -0.4 is 15.2 Å². The molecule has 0 radical (unpaired) electrons. The van der Waals surface area contributed by atoms with E-state index in [1.54, 1.807) is 11.8 Å². The zero-order valence-electron chi connectivity index (χ0n) is 12.0. The zero-order chi connectivity index (χ0) is 15.2. The van der Waals surface area contributed by atoms with Gasteiger partial charge in [0.1, 0.15) is 22.2 Å². The molecule has 0 aliphatic carbocycles. The van der Waals surface area contributed by atoms with E-state index >= 15 is 0 Å². The molecule has 0 saturated carbocycles. The van der Waals surface area contributed by atoms with Crippen LogP contribution in [0, 0.1) is 0 Å². The fourth-order valence-electron chi connectivity index (χ4n) is 1.91. The first kappa shape index (κ1) is 15.7. The summed E-state index contributed by atoms with van der Waals surface area (Å²) in [5, 5.41) is 0. The van der Waals surface area contributed by atoms with E-state index in [-0.39, 0.29) is 0 Å². The molecule has 0 bridgehead atoms. The minimum atomic E-state index is 0.334. The molecule has 0 amide bonds. The summed E-state index contributed by atoms with van der Waals surface area (Å²) < 4.78 is 11.3. The maximum atomic E-state index is 5.91. The molecule has 0 fully saturated rings. The number of rotatable bonds is 6. The van der Waals surface area contributed by atoms with Crippen LogP contribution in [0.4, 0.5) is 0 Å². The van der Waals surface area contributed by atoms with Crippen LogP contribution >= 0.6 is 24.0 Å². The van der Waals surface area contributed by atoms with Gasteiger partial charge in [0, 0.05) is 4.90 Å². The molecule has 5 heteroatoms. The smallest absolute Gasteiger partial charge is 0.138 e. The SMILES string of the molecule is CCOc1ccc(Oc2cccc(SC)c2C(N)=S)cc1. The fraction of sp³-hybridized carbons (Fsp3) is 0.188. The Kier molecular flexibility index (Phi) is 5.47. The van der Waals surface area contributed by atoms with Crippen LogP contribution in [0.1, 0.15) is 12.5 Å². The third-order valence-corrected chi connectivity index (χ3v) is 3.80. The van der Waals surface area contributed by atoms with E-state index in [0.29, 0.717) is 23.1 Å². The molecule has 0 unspecified atom stereocenters. The molecule has 0 aliphatic rings. The summed E-state index contributed by atoms with van der Waals surface area (Å²) in [5.74, 6) is 2.20. The van der Waals surface area contributed by atoms with Gasteiger partial charge in [-0.15, -0.1) is 11.8 Å². The highest BCUT2D eigenvalue weighted by Gasteiger charge is 2.12. The number of ether oxygens (including phenoxy) is 2. The highest BCUT2D eigenvalue weighted by atomic mass is 32.2. The van der Waals surface area contributed by atoms with E-state index in [4.69, 9.17) is 27.4 Å². The van der Waals surface area contributed by atoms with Crippen molar-refractivity contribution < 1.29 is 9.47 Å². The first-order valence-corrected chi connectivity index (χ1v) is 8.16. The lowest BCUT2D eigenvalue weighted by Crippen LogP contribution is -2.12. The Bertz CT molecular complexity index is 627. The Morgan fingerprint density at radius 3 is 2.38 bits per heavy atom. The summed E-state index contributed by atoms with van der Waals surface area (Å²) in [7, 11) is 0. The van der Waals surface area contributed by atoms with Crippen LogP contribution in [-0.4, -0.2) is 17.9 Å². The van der Waals surface area contributed by atoms with Crippen molar-refractivity contribution in [3.05, 3.63) is 48.0 Å². The van der Waals surface area contributed by atoms with Crippen LogP contribution in [0.25, 0.3) is 0 Å². The van der Waals surface area contributed by atoms with Gasteiger partial charge in [0.25, 0.3) is 0 Å². The molecule has 0 heterocycles. The van der Waals surface area contributed by atoms with E-state index in [1.165, 1.54) is 0 Å². The molecule has 0 spiro atoms. The molecule has 0 saturated heterocycles. The molecule has 0 atom stereocenters. The van der Waals surface area contributed by atoms with Gasteiger partial charge in [0.2, 0.25) is 0 Å². The summed E-state index contributed by atoms with van der Waals surface area (Å²) in [6.07, 6.45) is 1.98. The first-order chi connectivity index (χ1) is 10.2. The first-order valence-electron chi connectivity index (χ1n) is 6.53. The van der Waals surface area contributed by atoms with Gasteiger partial charge in [-0.1, -0.05) is 18.3 Å². The Morgan fingerprint density at radius 1 is 1.14 bits per heavy atom. The summed E-state index contributed by atoms with van der Waals surface area (Å²) in [6, 6.07) is 13.2. The van der Waals surface area contributed by atoms with Gasteiger partial charge in [-0.05, 0) is 49.6 Å². The summed E-state index contributed by atoms with van der Waals surface area (Å²) in [5.41, 5.74) is 6.60. The molecule has 2 rings (SSSR count). The van der Waals surface area contributed by atoms with Crippen molar-refractivity contribution in [1.29, 1.82) is 0 Å². The summed E-state index contributed by atoms with van der Waals surface area (Å²) in [6.45, 7) is 2.59. The van der Waals surface area contributed by atoms with Crippen LogP contribution in [0.5, 0.6) is 17.2 Å². The van der Waals surface area contributed by atoms with Crippen molar-refractivity contribution in [2.75, 3.05) is 12.9 Å². The van der Waals surface area contributed by atoms with Crippen LogP contribution in [0.15, 0.2) is 47.4 Å². The molecule has 110 valence electrons. The van der Waals surface area contributed by atoms with E-state index in [2.05, 4.69) is 0 Å². The number of thiocarbonyl (C=S) groups is 1. The fourth-order valence-corrected chi connectivity index (χ4v) is 2.81. The number of hydrogen-bond donors (Lipinski definition) is 1. The molecule has 2 aromatic rings. The lowest BCUT2D eigenvalue weighted by atomic mass is 10.2. The van der Waals surface area contributed by atoms with E-state index in [9.17, 15) is 0 Å². The Balaban J connectivity index is 2.28. The van der Waals surface area contributed by atoms with Gasteiger partial charge in [-0.25, -0.2) is 0 Å². The third kappa shape index (κ3) is 3.89. The summed E-state index contributed by atoms with van der Waals surface area (Å²) in [4.78, 5) is 1.34. The van der Waals surface area contributed by atoms with Crippen molar-refractivity contribution in [3.63, 3.8) is 0 Å². The molecule has 0 aromatic heterocycles. The van der Waals surface area contributed by atoms with E-state index in [1.807, 2.05) is 55.6 Å². The zero-order valence-corrected chi connectivity index (χ0v) is 13.6. The number of nitrogens with two attached hydrogens (primary N) is 1. The Labute approximate surface area is 134 Å². The lowest BCUT2D eigenvalue weighted by molar-refractivity contribution is 0.339. The van der Waals surface area contributed by atoms with Crippen molar-refractivity contribution in [2.45, 2.75) is 11.8 Å². The third-order valence-electron chi connectivity index (χ3n) is 2.82. The largest absolute Gasteiger partial charge is 0.494 e.